The highest BCUT2D eigenvalue weighted by molar-refractivity contribution is 7.99. The maximum Gasteiger partial charge on any atom is 0.230 e. The van der Waals surface area contributed by atoms with Crippen molar-refractivity contribution in [3.63, 3.8) is 0 Å². The normalized spacial score (nSPS) is 17.3. The van der Waals surface area contributed by atoms with E-state index in [1.54, 1.807) is 12.1 Å². The molecule has 2 heterocycles. The second-order valence-corrected chi connectivity index (χ2v) is 9.58. The van der Waals surface area contributed by atoms with Gasteiger partial charge in [0, 0.05) is 18.2 Å². The number of ether oxygens (including phenoxy) is 1. The molecule has 1 N–H and O–H groups in total. The zero-order valence-electron chi connectivity index (χ0n) is 18.6. The summed E-state index contributed by atoms with van der Waals surface area (Å²) in [6, 6.07) is 6.39. The van der Waals surface area contributed by atoms with Crippen LogP contribution in [0.5, 0.6) is 0 Å². The maximum absolute atomic E-state index is 13.4. The highest BCUT2D eigenvalue weighted by Gasteiger charge is 2.22. The van der Waals surface area contributed by atoms with Crippen molar-refractivity contribution in [3.8, 4) is 11.4 Å². The van der Waals surface area contributed by atoms with Crippen LogP contribution >= 0.6 is 11.8 Å². The highest BCUT2D eigenvalue weighted by Crippen LogP contribution is 2.26. The lowest BCUT2D eigenvalue weighted by molar-refractivity contribution is -0.119. The average Bonchev–Trinajstić information content (AvgIpc) is 3.37. The summed E-state index contributed by atoms with van der Waals surface area (Å²) in [7, 11) is 0. The molecule has 0 unspecified atom stereocenters. The van der Waals surface area contributed by atoms with Crippen LogP contribution in [0.15, 0.2) is 29.4 Å². The van der Waals surface area contributed by atoms with E-state index in [1.807, 2.05) is 4.57 Å². The molecule has 0 aliphatic carbocycles. The molecule has 31 heavy (non-hydrogen) atoms. The molecule has 2 atom stereocenters. The molecule has 1 amide bonds. The predicted octanol–water partition coefficient (Wildman–Crippen LogP) is 4.69. The molecule has 0 spiro atoms. The zero-order chi connectivity index (χ0) is 22.2. The molecule has 0 saturated carbocycles. The van der Waals surface area contributed by atoms with Gasteiger partial charge in [0.25, 0.3) is 0 Å². The van der Waals surface area contributed by atoms with Crippen LogP contribution in [0.25, 0.3) is 11.4 Å². The summed E-state index contributed by atoms with van der Waals surface area (Å²) in [6.07, 6.45) is 5.40. The smallest absolute Gasteiger partial charge is 0.230 e. The van der Waals surface area contributed by atoms with Gasteiger partial charge >= 0.3 is 0 Å². The first kappa shape index (κ1) is 23.7. The van der Waals surface area contributed by atoms with E-state index in [4.69, 9.17) is 4.74 Å². The average molecular weight is 449 g/mol. The minimum absolute atomic E-state index is 0.00274. The molecule has 1 saturated heterocycles. The topological polar surface area (TPSA) is 69.0 Å². The van der Waals surface area contributed by atoms with Gasteiger partial charge in [0.2, 0.25) is 5.91 Å². The van der Waals surface area contributed by atoms with Crippen molar-refractivity contribution in [2.24, 2.45) is 5.92 Å². The van der Waals surface area contributed by atoms with Gasteiger partial charge in [-0.25, -0.2) is 4.39 Å². The van der Waals surface area contributed by atoms with Crippen LogP contribution in [0.1, 0.15) is 52.9 Å². The lowest BCUT2D eigenvalue weighted by Gasteiger charge is -2.16. The van der Waals surface area contributed by atoms with E-state index in [0.29, 0.717) is 23.4 Å². The van der Waals surface area contributed by atoms with Crippen LogP contribution in [0.2, 0.25) is 0 Å². The number of carbonyl (C=O) groups excluding carboxylic acids is 1. The Morgan fingerprint density at radius 3 is 2.71 bits per heavy atom. The molecule has 1 aliphatic rings. The van der Waals surface area contributed by atoms with Gasteiger partial charge in [-0.15, -0.1) is 10.2 Å². The van der Waals surface area contributed by atoms with Crippen LogP contribution in [0.4, 0.5) is 4.39 Å². The molecular weight excluding hydrogens is 415 g/mol. The minimum atomic E-state index is -0.289. The molecule has 1 aromatic carbocycles. The van der Waals surface area contributed by atoms with Crippen molar-refractivity contribution in [2.45, 2.75) is 76.7 Å². The Balaban J connectivity index is 1.63. The Bertz CT molecular complexity index is 835. The van der Waals surface area contributed by atoms with E-state index in [-0.39, 0.29) is 29.6 Å². The third kappa shape index (κ3) is 7.31. The summed E-state index contributed by atoms with van der Waals surface area (Å²) < 4.78 is 21.1. The van der Waals surface area contributed by atoms with Crippen molar-refractivity contribution in [3.05, 3.63) is 30.1 Å². The fraction of sp³-hybridized carbons (Fsp3) is 0.609. The lowest BCUT2D eigenvalue weighted by Crippen LogP contribution is -2.33. The summed E-state index contributed by atoms with van der Waals surface area (Å²) in [5.41, 5.74) is 0.793. The first-order valence-corrected chi connectivity index (χ1v) is 12.1. The number of thioether (sulfide) groups is 1. The zero-order valence-corrected chi connectivity index (χ0v) is 19.5. The van der Waals surface area contributed by atoms with Gasteiger partial charge in [-0.1, -0.05) is 38.5 Å². The Kier molecular flexibility index (Phi) is 8.90. The summed E-state index contributed by atoms with van der Waals surface area (Å²) >= 11 is 1.38. The number of halogens is 1. The number of hydrogen-bond donors (Lipinski definition) is 1. The standard InChI is InChI=1S/C23H33FN4O2S/c1-16(2)6-4-7-17(3)25-21(29)15-31-23-27-26-22(18-9-11-19(24)12-10-18)28(23)14-20-8-5-13-30-20/h9-12,16-17,20H,4-8,13-15H2,1-3H3,(H,25,29)/t17-,20+/m1/s1. The van der Waals surface area contributed by atoms with E-state index in [1.165, 1.54) is 30.3 Å². The van der Waals surface area contributed by atoms with Crippen molar-refractivity contribution in [1.29, 1.82) is 0 Å². The van der Waals surface area contributed by atoms with Crippen LogP contribution in [-0.2, 0) is 16.1 Å². The SMILES string of the molecule is CC(C)CCC[C@@H](C)NC(=O)CSc1nnc(-c2ccc(F)cc2)n1C[C@@H]1CCCO1. The molecule has 0 bridgehead atoms. The molecule has 1 fully saturated rings. The number of rotatable bonds is 11. The molecular formula is C23H33FN4O2S. The largest absolute Gasteiger partial charge is 0.376 e. The van der Waals surface area contributed by atoms with E-state index in [9.17, 15) is 9.18 Å². The quantitative estimate of drug-likeness (QED) is 0.505. The van der Waals surface area contributed by atoms with Gasteiger partial charge < -0.3 is 10.1 Å². The first-order valence-electron chi connectivity index (χ1n) is 11.1. The van der Waals surface area contributed by atoms with Crippen LogP contribution in [0, 0.1) is 11.7 Å². The van der Waals surface area contributed by atoms with Crippen molar-refractivity contribution in [2.75, 3.05) is 12.4 Å². The fourth-order valence-corrected chi connectivity index (χ4v) is 4.47. The van der Waals surface area contributed by atoms with Crippen LogP contribution in [-0.4, -0.2) is 45.2 Å². The number of hydrogen-bond acceptors (Lipinski definition) is 5. The summed E-state index contributed by atoms with van der Waals surface area (Å²) in [5.74, 6) is 1.34. The second kappa shape index (κ2) is 11.6. The molecule has 170 valence electrons. The van der Waals surface area contributed by atoms with Gasteiger partial charge in [-0.2, -0.15) is 0 Å². The van der Waals surface area contributed by atoms with Gasteiger partial charge in [0.1, 0.15) is 5.82 Å². The Hall–Kier alpha value is -1.93. The van der Waals surface area contributed by atoms with Crippen LogP contribution in [0.3, 0.4) is 0 Å². The Labute approximate surface area is 188 Å². The number of nitrogens with zero attached hydrogens (tertiary/aromatic N) is 3. The lowest BCUT2D eigenvalue weighted by atomic mass is 10.0. The van der Waals surface area contributed by atoms with Gasteiger partial charge in [-0.05, 0) is 56.4 Å². The summed E-state index contributed by atoms with van der Waals surface area (Å²) in [4.78, 5) is 12.4. The summed E-state index contributed by atoms with van der Waals surface area (Å²) in [6.45, 7) is 7.86. The molecule has 3 rings (SSSR count). The van der Waals surface area contributed by atoms with E-state index in [0.717, 1.165) is 37.9 Å². The second-order valence-electron chi connectivity index (χ2n) is 8.64. The predicted molar refractivity (Wildman–Crippen MR) is 121 cm³/mol. The number of aromatic nitrogens is 3. The third-order valence-electron chi connectivity index (χ3n) is 5.39. The highest BCUT2D eigenvalue weighted by atomic mass is 32.2. The monoisotopic (exact) mass is 448 g/mol. The molecule has 1 aromatic heterocycles. The molecule has 8 heteroatoms. The first-order chi connectivity index (χ1) is 14.9. The van der Waals surface area contributed by atoms with Crippen LogP contribution < -0.4 is 5.32 Å². The minimum Gasteiger partial charge on any atom is -0.376 e. The number of nitrogens with one attached hydrogen (secondary N) is 1. The van der Waals surface area contributed by atoms with Crippen molar-refractivity contribution >= 4 is 17.7 Å². The summed E-state index contributed by atoms with van der Waals surface area (Å²) in [5, 5.41) is 12.4. The van der Waals surface area contributed by atoms with Gasteiger partial charge in [0.15, 0.2) is 11.0 Å². The van der Waals surface area contributed by atoms with E-state index in [2.05, 4.69) is 36.3 Å². The molecule has 0 radical (unpaired) electrons. The van der Waals surface area contributed by atoms with Crippen molar-refractivity contribution in [1.82, 2.24) is 20.1 Å². The Morgan fingerprint density at radius 2 is 2.03 bits per heavy atom. The molecule has 6 nitrogen and oxygen atoms in total. The van der Waals surface area contributed by atoms with E-state index >= 15 is 0 Å². The number of amides is 1. The third-order valence-corrected chi connectivity index (χ3v) is 6.35. The van der Waals surface area contributed by atoms with E-state index < -0.39 is 0 Å². The maximum atomic E-state index is 13.4. The molecule has 2 aromatic rings. The van der Waals surface area contributed by atoms with Gasteiger partial charge in [0.05, 0.1) is 18.4 Å². The van der Waals surface area contributed by atoms with Crippen molar-refractivity contribution < 1.29 is 13.9 Å². The van der Waals surface area contributed by atoms with Gasteiger partial charge in [-0.3, -0.25) is 9.36 Å². The number of carbonyl (C=O) groups is 1. The Morgan fingerprint density at radius 1 is 1.26 bits per heavy atom. The number of benzene rings is 1. The fourth-order valence-electron chi connectivity index (χ4n) is 3.72. The molecule has 1 aliphatic heterocycles.